The van der Waals surface area contributed by atoms with E-state index in [1.807, 2.05) is 6.07 Å². The molecule has 1 aromatic carbocycles. The molecule has 0 unspecified atom stereocenters. The number of methoxy groups -OCH3 is 2. The molecule has 0 aliphatic carbocycles. The lowest BCUT2D eigenvalue weighted by molar-refractivity contribution is 0.353. The van der Waals surface area contributed by atoms with E-state index in [2.05, 4.69) is 9.97 Å². The Bertz CT molecular complexity index is 858. The molecule has 3 rings (SSSR count). The van der Waals surface area contributed by atoms with Crippen molar-refractivity contribution in [2.45, 2.75) is 0 Å². The van der Waals surface area contributed by atoms with Crippen molar-refractivity contribution >= 4 is 11.0 Å². The lowest BCUT2D eigenvalue weighted by Gasteiger charge is -2.08. The van der Waals surface area contributed by atoms with Crippen molar-refractivity contribution in [3.8, 4) is 23.0 Å². The van der Waals surface area contributed by atoms with Crippen LogP contribution >= 0.6 is 0 Å². The van der Waals surface area contributed by atoms with Crippen molar-refractivity contribution in [3.05, 3.63) is 46.9 Å². The number of hydrogen-bond acceptors (Lipinski definition) is 6. The van der Waals surface area contributed by atoms with Gasteiger partial charge in [-0.15, -0.1) is 0 Å². The predicted octanol–water partition coefficient (Wildman–Crippen LogP) is 2.27. The van der Waals surface area contributed by atoms with Crippen LogP contribution in [0.2, 0.25) is 0 Å². The number of fused-ring (bicyclic) bond motifs is 1. The number of nitrogens with zero attached hydrogens (tertiary/aromatic N) is 2. The van der Waals surface area contributed by atoms with Crippen LogP contribution in [0.25, 0.3) is 22.1 Å². The van der Waals surface area contributed by atoms with Gasteiger partial charge in [0.1, 0.15) is 11.8 Å². The number of benzene rings is 1. The predicted molar refractivity (Wildman–Crippen MR) is 76.6 cm³/mol. The second-order valence-electron chi connectivity index (χ2n) is 4.25. The summed E-state index contributed by atoms with van der Waals surface area (Å²) in [5, 5.41) is 0.493. The summed E-state index contributed by atoms with van der Waals surface area (Å²) in [6.45, 7) is 0. The molecule has 3 aromatic rings. The van der Waals surface area contributed by atoms with Crippen LogP contribution in [0.3, 0.4) is 0 Å². The molecule has 0 aliphatic heterocycles. The highest BCUT2D eigenvalue weighted by Crippen LogP contribution is 2.27. The van der Waals surface area contributed by atoms with Gasteiger partial charge in [0.05, 0.1) is 30.7 Å². The Kier molecular flexibility index (Phi) is 3.27. The van der Waals surface area contributed by atoms with Gasteiger partial charge in [-0.3, -0.25) is 4.79 Å². The molecular formula is C15H12N2O4. The monoisotopic (exact) mass is 284 g/mol. The van der Waals surface area contributed by atoms with Crippen molar-refractivity contribution in [1.82, 2.24) is 9.97 Å². The zero-order valence-electron chi connectivity index (χ0n) is 11.5. The van der Waals surface area contributed by atoms with E-state index in [1.54, 1.807) is 18.2 Å². The van der Waals surface area contributed by atoms with Gasteiger partial charge in [-0.05, 0) is 12.1 Å². The number of para-hydroxylation sites is 1. The molecule has 0 radical (unpaired) electrons. The summed E-state index contributed by atoms with van der Waals surface area (Å²) in [5.41, 5.74) is 1.16. The second-order valence-corrected chi connectivity index (χ2v) is 4.25. The summed E-state index contributed by atoms with van der Waals surface area (Å²) >= 11 is 0. The molecule has 2 heterocycles. The van der Waals surface area contributed by atoms with Gasteiger partial charge in [0.25, 0.3) is 0 Å². The third kappa shape index (κ3) is 2.20. The Morgan fingerprint density at radius 2 is 1.90 bits per heavy atom. The highest BCUT2D eigenvalue weighted by atomic mass is 16.5. The number of aromatic nitrogens is 2. The maximum absolute atomic E-state index is 12.5. The van der Waals surface area contributed by atoms with Gasteiger partial charge in [0, 0.05) is 6.20 Å². The molecule has 0 amide bonds. The van der Waals surface area contributed by atoms with Gasteiger partial charge < -0.3 is 13.9 Å². The van der Waals surface area contributed by atoms with Gasteiger partial charge in [-0.1, -0.05) is 12.1 Å². The lowest BCUT2D eigenvalue weighted by Crippen LogP contribution is -2.07. The van der Waals surface area contributed by atoms with Gasteiger partial charge >= 0.3 is 6.01 Å². The first-order valence-corrected chi connectivity index (χ1v) is 6.20. The highest BCUT2D eigenvalue weighted by molar-refractivity contribution is 5.82. The van der Waals surface area contributed by atoms with Crippen LogP contribution in [0.15, 0.2) is 45.9 Å². The largest absolute Gasteiger partial charge is 0.480 e. The average Bonchev–Trinajstić information content (AvgIpc) is 2.55. The summed E-state index contributed by atoms with van der Waals surface area (Å²) in [6.07, 6.45) is 2.87. The smallest absolute Gasteiger partial charge is 0.319 e. The minimum Gasteiger partial charge on any atom is -0.480 e. The van der Waals surface area contributed by atoms with Crippen molar-refractivity contribution in [3.63, 3.8) is 0 Å². The lowest BCUT2D eigenvalue weighted by atomic mass is 10.1. The van der Waals surface area contributed by atoms with E-state index in [0.717, 1.165) is 0 Å². The van der Waals surface area contributed by atoms with E-state index in [9.17, 15) is 4.79 Å². The van der Waals surface area contributed by atoms with Crippen LogP contribution in [-0.2, 0) is 0 Å². The third-order valence-corrected chi connectivity index (χ3v) is 3.08. The average molecular weight is 284 g/mol. The standard InChI is InChI=1S/C15H12N2O4/c1-19-14-10(7-16-15(17-14)20-2)11-8-21-12-6-4-3-5-9(12)13(11)18/h3-8H,1-2H3. The Labute approximate surface area is 120 Å². The molecule has 21 heavy (non-hydrogen) atoms. The molecule has 0 bridgehead atoms. The topological polar surface area (TPSA) is 74.5 Å². The minimum absolute atomic E-state index is 0.163. The Morgan fingerprint density at radius 3 is 2.67 bits per heavy atom. The first-order chi connectivity index (χ1) is 10.2. The van der Waals surface area contributed by atoms with E-state index in [-0.39, 0.29) is 17.3 Å². The fourth-order valence-corrected chi connectivity index (χ4v) is 2.05. The second kappa shape index (κ2) is 5.24. The fraction of sp³-hybridized carbons (Fsp3) is 0.133. The maximum Gasteiger partial charge on any atom is 0.319 e. The third-order valence-electron chi connectivity index (χ3n) is 3.08. The first kappa shape index (κ1) is 13.1. The molecule has 0 saturated heterocycles. The molecule has 106 valence electrons. The van der Waals surface area contributed by atoms with E-state index in [4.69, 9.17) is 13.9 Å². The Hall–Kier alpha value is -2.89. The van der Waals surface area contributed by atoms with Crippen LogP contribution in [0.4, 0.5) is 0 Å². The van der Waals surface area contributed by atoms with E-state index < -0.39 is 0 Å². The molecule has 0 atom stereocenters. The summed E-state index contributed by atoms with van der Waals surface area (Å²) in [4.78, 5) is 20.6. The fourth-order valence-electron chi connectivity index (χ4n) is 2.05. The molecule has 6 nitrogen and oxygen atoms in total. The summed E-state index contributed by atoms with van der Waals surface area (Å²) in [6, 6.07) is 7.21. The molecule has 0 saturated carbocycles. The Morgan fingerprint density at radius 1 is 1.10 bits per heavy atom. The number of ether oxygens (including phenoxy) is 2. The van der Waals surface area contributed by atoms with Crippen molar-refractivity contribution in [2.75, 3.05) is 14.2 Å². The van der Waals surface area contributed by atoms with Crippen LogP contribution in [0.1, 0.15) is 0 Å². The molecule has 0 aliphatic rings. The number of rotatable bonds is 3. The van der Waals surface area contributed by atoms with Crippen LogP contribution in [-0.4, -0.2) is 24.2 Å². The van der Waals surface area contributed by atoms with Gasteiger partial charge in [-0.25, -0.2) is 4.98 Å². The van der Waals surface area contributed by atoms with Crippen LogP contribution in [0.5, 0.6) is 11.9 Å². The molecule has 0 N–H and O–H groups in total. The van der Waals surface area contributed by atoms with Gasteiger partial charge in [0.15, 0.2) is 0 Å². The molecular weight excluding hydrogens is 272 g/mol. The quantitative estimate of drug-likeness (QED) is 0.734. The normalized spacial score (nSPS) is 10.6. The van der Waals surface area contributed by atoms with E-state index in [0.29, 0.717) is 22.1 Å². The van der Waals surface area contributed by atoms with Crippen molar-refractivity contribution < 1.29 is 13.9 Å². The summed E-state index contributed by atoms with van der Waals surface area (Å²) in [5.74, 6) is 0.254. The minimum atomic E-state index is -0.163. The van der Waals surface area contributed by atoms with Crippen molar-refractivity contribution in [1.29, 1.82) is 0 Å². The number of hydrogen-bond donors (Lipinski definition) is 0. The van der Waals surface area contributed by atoms with E-state index in [1.165, 1.54) is 26.7 Å². The first-order valence-electron chi connectivity index (χ1n) is 6.20. The van der Waals surface area contributed by atoms with E-state index >= 15 is 0 Å². The molecule has 6 heteroatoms. The summed E-state index contributed by atoms with van der Waals surface area (Å²) in [7, 11) is 2.92. The maximum atomic E-state index is 12.5. The van der Waals surface area contributed by atoms with Gasteiger partial charge in [0.2, 0.25) is 11.3 Å². The van der Waals surface area contributed by atoms with Crippen LogP contribution < -0.4 is 14.9 Å². The van der Waals surface area contributed by atoms with Crippen molar-refractivity contribution in [2.24, 2.45) is 0 Å². The SMILES string of the molecule is COc1ncc(-c2coc3ccccc3c2=O)c(OC)n1. The Balaban J connectivity index is 2.25. The molecule has 2 aromatic heterocycles. The zero-order chi connectivity index (χ0) is 14.8. The van der Waals surface area contributed by atoms with Gasteiger partial charge in [-0.2, -0.15) is 4.98 Å². The van der Waals surface area contributed by atoms with Crippen LogP contribution in [0, 0.1) is 0 Å². The zero-order valence-corrected chi connectivity index (χ0v) is 11.5. The summed E-state index contributed by atoms with van der Waals surface area (Å²) < 4.78 is 15.6. The highest BCUT2D eigenvalue weighted by Gasteiger charge is 2.15. The molecule has 0 spiro atoms. The molecule has 0 fully saturated rings.